The van der Waals surface area contributed by atoms with Gasteiger partial charge in [-0.25, -0.2) is 4.98 Å². The molecular weight excluding hydrogens is 210 g/mol. The molecule has 1 fully saturated rings. The molecule has 2 atom stereocenters. The van der Waals surface area contributed by atoms with E-state index in [0.29, 0.717) is 11.8 Å². The van der Waals surface area contributed by atoms with Crippen molar-refractivity contribution in [3.05, 3.63) is 17.7 Å². The maximum Gasteiger partial charge on any atom is 0.123 e. The predicted octanol–water partition coefficient (Wildman–Crippen LogP) is 3.50. The number of nitrogens with two attached hydrogens (primary N) is 1. The molecule has 2 rings (SSSR count). The minimum absolute atomic E-state index is 0.0531. The highest BCUT2D eigenvalue weighted by atomic mass is 15.0. The van der Waals surface area contributed by atoms with Crippen molar-refractivity contribution < 1.29 is 0 Å². The lowest BCUT2D eigenvalue weighted by molar-refractivity contribution is 0.428. The summed E-state index contributed by atoms with van der Waals surface area (Å²) in [5.41, 5.74) is 7.50. The van der Waals surface area contributed by atoms with Gasteiger partial charge in [0.25, 0.3) is 0 Å². The number of hydrogen-bond donors (Lipinski definition) is 2. The van der Waals surface area contributed by atoms with E-state index in [1.807, 2.05) is 6.20 Å². The fourth-order valence-corrected chi connectivity index (χ4v) is 2.67. The third-order valence-corrected chi connectivity index (χ3v) is 4.23. The van der Waals surface area contributed by atoms with Crippen LogP contribution in [0.4, 0.5) is 0 Å². The van der Waals surface area contributed by atoms with E-state index < -0.39 is 0 Å². The molecule has 0 amide bonds. The van der Waals surface area contributed by atoms with Crippen LogP contribution in [0.15, 0.2) is 6.20 Å². The summed E-state index contributed by atoms with van der Waals surface area (Å²) >= 11 is 0. The van der Waals surface area contributed by atoms with E-state index in [1.165, 1.54) is 37.8 Å². The molecule has 1 aliphatic rings. The monoisotopic (exact) mass is 235 g/mol. The molecule has 3 heteroatoms. The average Bonchev–Trinajstić information content (AvgIpc) is 2.87. The zero-order valence-electron chi connectivity index (χ0n) is 11.1. The number of rotatable bonds is 4. The molecule has 2 unspecified atom stereocenters. The lowest BCUT2D eigenvalue weighted by Gasteiger charge is -2.20. The summed E-state index contributed by atoms with van der Waals surface area (Å²) < 4.78 is 0. The van der Waals surface area contributed by atoms with E-state index in [2.05, 4.69) is 23.8 Å². The largest absolute Gasteiger partial charge is 0.344 e. The van der Waals surface area contributed by atoms with Gasteiger partial charge >= 0.3 is 0 Å². The Kier molecular flexibility index (Phi) is 4.21. The fourth-order valence-electron chi connectivity index (χ4n) is 2.67. The molecule has 1 aliphatic carbocycles. The van der Waals surface area contributed by atoms with Crippen molar-refractivity contribution in [1.29, 1.82) is 0 Å². The molecular formula is C14H25N3. The molecule has 0 aromatic carbocycles. The number of hydrogen-bond acceptors (Lipinski definition) is 2. The third-order valence-electron chi connectivity index (χ3n) is 4.23. The van der Waals surface area contributed by atoms with E-state index in [-0.39, 0.29) is 6.04 Å². The van der Waals surface area contributed by atoms with Crippen molar-refractivity contribution in [2.45, 2.75) is 64.3 Å². The van der Waals surface area contributed by atoms with E-state index in [1.54, 1.807) is 0 Å². The molecule has 1 aromatic heterocycles. The maximum absolute atomic E-state index is 6.20. The second-order valence-corrected chi connectivity index (χ2v) is 5.47. The number of aromatic nitrogens is 2. The molecule has 1 aromatic rings. The quantitative estimate of drug-likeness (QED) is 0.839. The first-order valence-electron chi connectivity index (χ1n) is 7.02. The lowest BCUT2D eigenvalue weighted by atomic mass is 9.87. The Balaban J connectivity index is 2.04. The molecule has 1 heterocycles. The second-order valence-electron chi connectivity index (χ2n) is 5.47. The van der Waals surface area contributed by atoms with Crippen LogP contribution >= 0.6 is 0 Å². The highest BCUT2D eigenvalue weighted by molar-refractivity contribution is 5.10. The third kappa shape index (κ3) is 2.89. The Morgan fingerprint density at radius 1 is 1.41 bits per heavy atom. The molecule has 0 aliphatic heterocycles. The van der Waals surface area contributed by atoms with Crippen LogP contribution in [0.2, 0.25) is 0 Å². The first kappa shape index (κ1) is 12.6. The topological polar surface area (TPSA) is 54.7 Å². The number of H-pyrrole nitrogens is 1. The second kappa shape index (κ2) is 5.67. The van der Waals surface area contributed by atoms with Crippen LogP contribution in [-0.4, -0.2) is 9.97 Å². The van der Waals surface area contributed by atoms with Crippen molar-refractivity contribution in [2.24, 2.45) is 11.7 Å². The normalized spacial score (nSPS) is 21.4. The highest BCUT2D eigenvalue weighted by Crippen LogP contribution is 2.32. The SMILES string of the molecule is CCC(C)C(N)c1ncc(C2CCCCC2)[nH]1. The van der Waals surface area contributed by atoms with Gasteiger partial charge in [0.15, 0.2) is 0 Å². The molecule has 0 spiro atoms. The van der Waals surface area contributed by atoms with Crippen LogP contribution in [0.5, 0.6) is 0 Å². The highest BCUT2D eigenvalue weighted by Gasteiger charge is 2.20. The maximum atomic E-state index is 6.20. The van der Waals surface area contributed by atoms with Crippen LogP contribution in [0.3, 0.4) is 0 Å². The van der Waals surface area contributed by atoms with Gasteiger partial charge in [0, 0.05) is 17.8 Å². The van der Waals surface area contributed by atoms with Crippen molar-refractivity contribution in [3.8, 4) is 0 Å². The van der Waals surface area contributed by atoms with Gasteiger partial charge in [0.05, 0.1) is 6.04 Å². The molecule has 3 nitrogen and oxygen atoms in total. The zero-order valence-corrected chi connectivity index (χ0v) is 11.1. The molecule has 3 N–H and O–H groups in total. The lowest BCUT2D eigenvalue weighted by Crippen LogP contribution is -2.20. The van der Waals surface area contributed by atoms with Gasteiger partial charge in [-0.3, -0.25) is 0 Å². The van der Waals surface area contributed by atoms with Crippen molar-refractivity contribution >= 4 is 0 Å². The number of nitrogens with zero attached hydrogens (tertiary/aromatic N) is 1. The first-order valence-corrected chi connectivity index (χ1v) is 7.02. The Bertz CT molecular complexity index is 322. The Morgan fingerprint density at radius 2 is 2.12 bits per heavy atom. The zero-order chi connectivity index (χ0) is 12.3. The van der Waals surface area contributed by atoms with Crippen LogP contribution in [0, 0.1) is 5.92 Å². The smallest absolute Gasteiger partial charge is 0.123 e. The molecule has 96 valence electrons. The summed E-state index contributed by atoms with van der Waals surface area (Å²) in [6.07, 6.45) is 9.82. The van der Waals surface area contributed by atoms with Gasteiger partial charge in [-0.05, 0) is 18.8 Å². The van der Waals surface area contributed by atoms with Crippen molar-refractivity contribution in [3.63, 3.8) is 0 Å². The van der Waals surface area contributed by atoms with Gasteiger partial charge in [-0.2, -0.15) is 0 Å². The minimum Gasteiger partial charge on any atom is -0.344 e. The Morgan fingerprint density at radius 3 is 2.76 bits per heavy atom. The molecule has 0 saturated heterocycles. The molecule has 0 bridgehead atoms. The van der Waals surface area contributed by atoms with Gasteiger partial charge in [0.1, 0.15) is 5.82 Å². The summed E-state index contributed by atoms with van der Waals surface area (Å²) in [6.45, 7) is 4.36. The Labute approximate surface area is 104 Å². The van der Waals surface area contributed by atoms with E-state index >= 15 is 0 Å². The van der Waals surface area contributed by atoms with E-state index in [4.69, 9.17) is 5.73 Å². The average molecular weight is 235 g/mol. The number of imidazole rings is 1. The van der Waals surface area contributed by atoms with Crippen LogP contribution in [0.1, 0.15) is 75.9 Å². The molecule has 17 heavy (non-hydrogen) atoms. The van der Waals surface area contributed by atoms with E-state index in [0.717, 1.165) is 12.2 Å². The van der Waals surface area contributed by atoms with Crippen LogP contribution in [-0.2, 0) is 0 Å². The van der Waals surface area contributed by atoms with Gasteiger partial charge in [-0.1, -0.05) is 39.5 Å². The summed E-state index contributed by atoms with van der Waals surface area (Å²) in [5.74, 6) is 2.15. The minimum atomic E-state index is 0.0531. The van der Waals surface area contributed by atoms with E-state index in [9.17, 15) is 0 Å². The van der Waals surface area contributed by atoms with Gasteiger partial charge < -0.3 is 10.7 Å². The predicted molar refractivity (Wildman–Crippen MR) is 70.8 cm³/mol. The number of nitrogens with one attached hydrogen (secondary N) is 1. The standard InChI is InChI=1S/C14H25N3/c1-3-10(2)13(15)14-16-9-12(17-14)11-7-5-4-6-8-11/h9-11,13H,3-8,15H2,1-2H3,(H,16,17). The van der Waals surface area contributed by atoms with Crippen LogP contribution in [0.25, 0.3) is 0 Å². The Hall–Kier alpha value is -0.830. The van der Waals surface area contributed by atoms with Gasteiger partial charge in [0.2, 0.25) is 0 Å². The van der Waals surface area contributed by atoms with Gasteiger partial charge in [-0.15, -0.1) is 0 Å². The van der Waals surface area contributed by atoms with Crippen molar-refractivity contribution in [1.82, 2.24) is 9.97 Å². The summed E-state index contributed by atoms with van der Waals surface area (Å²) in [5, 5.41) is 0. The summed E-state index contributed by atoms with van der Waals surface area (Å²) in [4.78, 5) is 7.94. The summed E-state index contributed by atoms with van der Waals surface area (Å²) in [7, 11) is 0. The fraction of sp³-hybridized carbons (Fsp3) is 0.786. The number of aromatic amines is 1. The summed E-state index contributed by atoms with van der Waals surface area (Å²) in [6, 6.07) is 0.0531. The molecule has 1 saturated carbocycles. The van der Waals surface area contributed by atoms with Crippen molar-refractivity contribution in [2.75, 3.05) is 0 Å². The first-order chi connectivity index (χ1) is 8.22. The molecule has 0 radical (unpaired) electrons. The van der Waals surface area contributed by atoms with Crippen LogP contribution < -0.4 is 5.73 Å².